The summed E-state index contributed by atoms with van der Waals surface area (Å²) in [5.74, 6) is -0.176. The molecular weight excluding hydrogens is 271 g/mol. The van der Waals surface area contributed by atoms with Crippen molar-refractivity contribution in [2.45, 2.75) is 37.9 Å². The lowest BCUT2D eigenvalue weighted by molar-refractivity contribution is 0.00264. The van der Waals surface area contributed by atoms with Gasteiger partial charge in [0, 0.05) is 10.9 Å². The Bertz CT molecular complexity index is 336. The zero-order chi connectivity index (χ0) is 11.4. The summed E-state index contributed by atoms with van der Waals surface area (Å²) < 4.78 is 19.5. The standard InChI is InChI=1S/C13H16BrFO/c14-9-13(16-10-5-1-2-6-10)11-7-3-4-8-12(11)15/h3-4,7-8,10,13H,1-2,5-6,9H2. The van der Waals surface area contributed by atoms with Crippen LogP contribution in [0.15, 0.2) is 24.3 Å². The van der Waals surface area contributed by atoms with Crippen LogP contribution in [-0.2, 0) is 4.74 Å². The molecule has 88 valence electrons. The summed E-state index contributed by atoms with van der Waals surface area (Å²) in [6.45, 7) is 0. The third-order valence-corrected chi connectivity index (χ3v) is 3.64. The van der Waals surface area contributed by atoms with Crippen molar-refractivity contribution in [2.24, 2.45) is 0 Å². The zero-order valence-electron chi connectivity index (χ0n) is 9.16. The first kappa shape index (κ1) is 12.1. The fraction of sp³-hybridized carbons (Fsp3) is 0.538. The van der Waals surface area contributed by atoms with Gasteiger partial charge in [-0.05, 0) is 18.9 Å². The molecule has 1 saturated carbocycles. The van der Waals surface area contributed by atoms with Gasteiger partial charge in [-0.1, -0.05) is 47.0 Å². The minimum Gasteiger partial charge on any atom is -0.369 e. The summed E-state index contributed by atoms with van der Waals surface area (Å²) >= 11 is 3.40. The maximum absolute atomic E-state index is 13.6. The van der Waals surface area contributed by atoms with Gasteiger partial charge >= 0.3 is 0 Å². The van der Waals surface area contributed by atoms with E-state index in [4.69, 9.17) is 4.74 Å². The van der Waals surface area contributed by atoms with Crippen LogP contribution < -0.4 is 0 Å². The van der Waals surface area contributed by atoms with E-state index in [2.05, 4.69) is 15.9 Å². The van der Waals surface area contributed by atoms with Crippen molar-refractivity contribution < 1.29 is 9.13 Å². The van der Waals surface area contributed by atoms with Crippen molar-refractivity contribution in [3.8, 4) is 0 Å². The predicted molar refractivity (Wildman–Crippen MR) is 66.3 cm³/mol. The Kier molecular flexibility index (Phi) is 4.36. The van der Waals surface area contributed by atoms with E-state index < -0.39 is 0 Å². The summed E-state index contributed by atoms with van der Waals surface area (Å²) in [5.41, 5.74) is 0.659. The van der Waals surface area contributed by atoms with E-state index in [9.17, 15) is 4.39 Å². The molecule has 0 N–H and O–H groups in total. The smallest absolute Gasteiger partial charge is 0.129 e. The van der Waals surface area contributed by atoms with Crippen LogP contribution in [0.3, 0.4) is 0 Å². The van der Waals surface area contributed by atoms with Crippen molar-refractivity contribution in [3.05, 3.63) is 35.6 Å². The van der Waals surface area contributed by atoms with Crippen LogP contribution in [0.2, 0.25) is 0 Å². The van der Waals surface area contributed by atoms with Crippen LogP contribution in [0.4, 0.5) is 4.39 Å². The van der Waals surface area contributed by atoms with Gasteiger partial charge in [-0.25, -0.2) is 4.39 Å². The molecule has 0 bridgehead atoms. The van der Waals surface area contributed by atoms with E-state index in [1.165, 1.54) is 18.9 Å². The molecule has 1 nitrogen and oxygen atoms in total. The zero-order valence-corrected chi connectivity index (χ0v) is 10.7. The third-order valence-electron chi connectivity index (χ3n) is 3.05. The predicted octanol–water partition coefficient (Wildman–Crippen LogP) is 4.22. The van der Waals surface area contributed by atoms with Crippen LogP contribution in [0.1, 0.15) is 37.4 Å². The van der Waals surface area contributed by atoms with Crippen molar-refractivity contribution in [3.63, 3.8) is 0 Å². The Morgan fingerprint density at radius 2 is 2.00 bits per heavy atom. The molecule has 0 spiro atoms. The van der Waals surface area contributed by atoms with Gasteiger partial charge in [0.2, 0.25) is 0 Å². The van der Waals surface area contributed by atoms with Gasteiger partial charge in [-0.2, -0.15) is 0 Å². The van der Waals surface area contributed by atoms with Crippen LogP contribution >= 0.6 is 15.9 Å². The summed E-state index contributed by atoms with van der Waals surface area (Å²) in [5, 5.41) is 0.643. The van der Waals surface area contributed by atoms with E-state index in [0.29, 0.717) is 17.0 Å². The molecule has 0 saturated heterocycles. The lowest BCUT2D eigenvalue weighted by Crippen LogP contribution is -2.15. The van der Waals surface area contributed by atoms with Gasteiger partial charge in [0.05, 0.1) is 12.2 Å². The van der Waals surface area contributed by atoms with Crippen molar-refractivity contribution >= 4 is 15.9 Å². The largest absolute Gasteiger partial charge is 0.369 e. The second-order valence-electron chi connectivity index (χ2n) is 4.21. The lowest BCUT2D eigenvalue weighted by atomic mass is 10.1. The summed E-state index contributed by atoms with van der Waals surface area (Å²) in [7, 11) is 0. The molecule has 0 aromatic heterocycles. The highest BCUT2D eigenvalue weighted by molar-refractivity contribution is 9.09. The number of benzene rings is 1. The maximum atomic E-state index is 13.6. The molecule has 16 heavy (non-hydrogen) atoms. The number of hydrogen-bond acceptors (Lipinski definition) is 1. The van der Waals surface area contributed by atoms with Crippen LogP contribution in [0.25, 0.3) is 0 Å². The van der Waals surface area contributed by atoms with E-state index in [-0.39, 0.29) is 11.9 Å². The number of halogens is 2. The maximum Gasteiger partial charge on any atom is 0.129 e. The van der Waals surface area contributed by atoms with Gasteiger partial charge in [0.1, 0.15) is 5.82 Å². The summed E-state index contributed by atoms with van der Waals surface area (Å²) in [6.07, 6.45) is 4.83. The number of hydrogen-bond donors (Lipinski definition) is 0. The molecule has 2 rings (SSSR count). The van der Waals surface area contributed by atoms with Crippen LogP contribution in [-0.4, -0.2) is 11.4 Å². The number of rotatable bonds is 4. The molecule has 1 aromatic carbocycles. The van der Waals surface area contributed by atoms with Gasteiger partial charge < -0.3 is 4.74 Å². The highest BCUT2D eigenvalue weighted by Gasteiger charge is 2.22. The third kappa shape index (κ3) is 2.83. The summed E-state index contributed by atoms with van der Waals surface area (Å²) in [6, 6.07) is 6.85. The fourth-order valence-electron chi connectivity index (χ4n) is 2.19. The molecule has 1 aliphatic carbocycles. The van der Waals surface area contributed by atoms with E-state index in [0.717, 1.165) is 12.8 Å². The quantitative estimate of drug-likeness (QED) is 0.753. The highest BCUT2D eigenvalue weighted by atomic mass is 79.9. The first-order valence-electron chi connectivity index (χ1n) is 5.77. The molecule has 1 unspecified atom stereocenters. The lowest BCUT2D eigenvalue weighted by Gasteiger charge is -2.21. The summed E-state index contributed by atoms with van der Waals surface area (Å²) in [4.78, 5) is 0. The molecule has 0 heterocycles. The Hall–Kier alpha value is -0.410. The Balaban J connectivity index is 2.06. The van der Waals surface area contributed by atoms with E-state index in [1.54, 1.807) is 12.1 Å². The normalized spacial score (nSPS) is 18.9. The number of alkyl halides is 1. The Morgan fingerprint density at radius 3 is 2.62 bits per heavy atom. The highest BCUT2D eigenvalue weighted by Crippen LogP contribution is 2.29. The monoisotopic (exact) mass is 286 g/mol. The van der Waals surface area contributed by atoms with Crippen LogP contribution in [0.5, 0.6) is 0 Å². The molecule has 0 aliphatic heterocycles. The minimum atomic E-state index is -0.176. The molecule has 1 aliphatic rings. The van der Waals surface area contributed by atoms with Crippen molar-refractivity contribution in [1.82, 2.24) is 0 Å². The molecule has 1 fully saturated rings. The van der Waals surface area contributed by atoms with E-state index >= 15 is 0 Å². The average molecular weight is 287 g/mol. The molecule has 1 atom stereocenters. The van der Waals surface area contributed by atoms with Gasteiger partial charge in [-0.3, -0.25) is 0 Å². The van der Waals surface area contributed by atoms with E-state index in [1.807, 2.05) is 6.07 Å². The van der Waals surface area contributed by atoms with Crippen molar-refractivity contribution in [1.29, 1.82) is 0 Å². The SMILES string of the molecule is Fc1ccccc1C(CBr)OC1CCCC1. The van der Waals surface area contributed by atoms with Gasteiger partial charge in [-0.15, -0.1) is 0 Å². The second-order valence-corrected chi connectivity index (χ2v) is 4.85. The Morgan fingerprint density at radius 1 is 1.31 bits per heavy atom. The molecule has 3 heteroatoms. The first-order chi connectivity index (χ1) is 7.81. The fourth-order valence-corrected chi connectivity index (χ4v) is 2.69. The first-order valence-corrected chi connectivity index (χ1v) is 6.89. The van der Waals surface area contributed by atoms with Gasteiger partial charge in [0.15, 0.2) is 0 Å². The molecule has 1 aromatic rings. The second kappa shape index (κ2) is 5.78. The Labute approximate surface area is 104 Å². The number of ether oxygens (including phenoxy) is 1. The van der Waals surface area contributed by atoms with Gasteiger partial charge in [0.25, 0.3) is 0 Å². The van der Waals surface area contributed by atoms with Crippen molar-refractivity contribution in [2.75, 3.05) is 5.33 Å². The molecule has 0 amide bonds. The average Bonchev–Trinajstić information content (AvgIpc) is 2.80. The molecule has 0 radical (unpaired) electrons. The van der Waals surface area contributed by atoms with Crippen LogP contribution in [0, 0.1) is 5.82 Å². The molecular formula is C13H16BrFO. The topological polar surface area (TPSA) is 9.23 Å². The minimum absolute atomic E-state index is 0.163.